The van der Waals surface area contributed by atoms with Gasteiger partial charge in [-0.2, -0.15) is 0 Å². The van der Waals surface area contributed by atoms with E-state index in [1.807, 2.05) is 0 Å². The van der Waals surface area contributed by atoms with E-state index in [0.29, 0.717) is 23.1 Å². The zero-order valence-electron chi connectivity index (χ0n) is 9.01. The van der Waals surface area contributed by atoms with Crippen molar-refractivity contribution >= 4 is 15.9 Å². The Labute approximate surface area is 101 Å². The van der Waals surface area contributed by atoms with E-state index in [0.717, 1.165) is 0 Å². The summed E-state index contributed by atoms with van der Waals surface area (Å²) < 4.78 is 24.6. The molecule has 1 aromatic rings. The van der Waals surface area contributed by atoms with Gasteiger partial charge >= 0.3 is 0 Å². The Morgan fingerprint density at radius 1 is 1.38 bits per heavy atom. The first-order valence-corrected chi connectivity index (χ1v) is 5.65. The molecule has 5 heteroatoms. The van der Waals surface area contributed by atoms with Gasteiger partial charge in [0.05, 0.1) is 19.8 Å². The molecule has 0 amide bonds. The predicted octanol–water partition coefficient (Wildman–Crippen LogP) is 2.59. The first-order chi connectivity index (χ1) is 7.53. The third kappa shape index (κ3) is 1.68. The Bertz CT molecular complexity index is 430. The van der Waals surface area contributed by atoms with E-state index in [9.17, 15) is 9.50 Å². The van der Waals surface area contributed by atoms with Crippen LogP contribution in [0.25, 0.3) is 0 Å². The normalized spacial score (nSPS) is 17.1. The van der Waals surface area contributed by atoms with Crippen LogP contribution in [-0.2, 0) is 5.60 Å². The lowest BCUT2D eigenvalue weighted by atomic mass is 10.1. The second-order valence-corrected chi connectivity index (χ2v) is 4.67. The van der Waals surface area contributed by atoms with Gasteiger partial charge in [-0.15, -0.1) is 0 Å². The maximum atomic E-state index is 14.1. The molecule has 16 heavy (non-hydrogen) atoms. The van der Waals surface area contributed by atoms with Gasteiger partial charge in [-0.05, 0) is 18.9 Å². The second-order valence-electron chi connectivity index (χ2n) is 3.81. The van der Waals surface area contributed by atoms with Crippen molar-refractivity contribution in [1.82, 2.24) is 0 Å². The van der Waals surface area contributed by atoms with Gasteiger partial charge in [0.15, 0.2) is 17.3 Å². The number of hydrogen-bond acceptors (Lipinski definition) is 3. The van der Waals surface area contributed by atoms with E-state index in [-0.39, 0.29) is 11.3 Å². The van der Waals surface area contributed by atoms with Crippen LogP contribution < -0.4 is 9.47 Å². The van der Waals surface area contributed by atoms with Crippen LogP contribution >= 0.6 is 15.9 Å². The summed E-state index contributed by atoms with van der Waals surface area (Å²) in [5.74, 6) is -0.227. The summed E-state index contributed by atoms with van der Waals surface area (Å²) in [4.78, 5) is 0. The zero-order valence-corrected chi connectivity index (χ0v) is 10.6. The highest BCUT2D eigenvalue weighted by Crippen LogP contribution is 2.52. The molecule has 0 saturated heterocycles. The number of hydrogen-bond donors (Lipinski definition) is 1. The molecule has 0 aromatic heterocycles. The fourth-order valence-corrected chi connectivity index (χ4v) is 2.47. The van der Waals surface area contributed by atoms with Crippen molar-refractivity contribution in [3.8, 4) is 11.5 Å². The minimum atomic E-state index is -1.05. The summed E-state index contributed by atoms with van der Waals surface area (Å²) in [5, 5.41) is 9.98. The highest BCUT2D eigenvalue weighted by molar-refractivity contribution is 9.10. The Morgan fingerprint density at radius 2 is 2.00 bits per heavy atom. The third-order valence-electron chi connectivity index (χ3n) is 2.75. The average molecular weight is 291 g/mol. The molecule has 0 spiro atoms. The smallest absolute Gasteiger partial charge is 0.197 e. The van der Waals surface area contributed by atoms with E-state index in [1.54, 1.807) is 6.07 Å². The molecule has 0 radical (unpaired) electrons. The molecule has 0 unspecified atom stereocenters. The Kier molecular flexibility index (Phi) is 2.84. The maximum Gasteiger partial charge on any atom is 0.197 e. The largest absolute Gasteiger partial charge is 0.493 e. The van der Waals surface area contributed by atoms with Gasteiger partial charge in [0, 0.05) is 10.0 Å². The van der Waals surface area contributed by atoms with E-state index in [2.05, 4.69) is 15.9 Å². The second kappa shape index (κ2) is 3.89. The number of aliphatic hydroxyl groups is 1. The number of benzene rings is 1. The zero-order chi connectivity index (χ0) is 11.9. The van der Waals surface area contributed by atoms with Gasteiger partial charge in [-0.3, -0.25) is 0 Å². The number of rotatable bonds is 3. The van der Waals surface area contributed by atoms with Crippen molar-refractivity contribution in [3.05, 3.63) is 21.9 Å². The van der Waals surface area contributed by atoms with Crippen LogP contribution in [0.1, 0.15) is 18.4 Å². The molecular weight excluding hydrogens is 279 g/mol. The van der Waals surface area contributed by atoms with Gasteiger partial charge < -0.3 is 14.6 Å². The lowest BCUT2D eigenvalue weighted by Crippen LogP contribution is -2.10. The van der Waals surface area contributed by atoms with Gasteiger partial charge in [-0.1, -0.05) is 15.9 Å². The summed E-state index contributed by atoms with van der Waals surface area (Å²) in [6.07, 6.45) is 1.13. The molecule has 1 aliphatic carbocycles. The summed E-state index contributed by atoms with van der Waals surface area (Å²) >= 11 is 3.24. The van der Waals surface area contributed by atoms with Crippen molar-refractivity contribution in [2.45, 2.75) is 18.4 Å². The summed E-state index contributed by atoms with van der Waals surface area (Å²) in [7, 11) is 2.81. The quantitative estimate of drug-likeness (QED) is 0.930. The van der Waals surface area contributed by atoms with Crippen LogP contribution in [0.3, 0.4) is 0 Å². The Hall–Kier alpha value is -0.810. The SMILES string of the molecule is COc1cc(Br)c(C2(O)CC2)c(F)c1OC. The topological polar surface area (TPSA) is 38.7 Å². The van der Waals surface area contributed by atoms with Crippen molar-refractivity contribution < 1.29 is 19.0 Å². The lowest BCUT2D eigenvalue weighted by Gasteiger charge is -2.16. The molecule has 3 nitrogen and oxygen atoms in total. The Balaban J connectivity index is 2.62. The number of ether oxygens (including phenoxy) is 2. The van der Waals surface area contributed by atoms with Gasteiger partial charge in [-0.25, -0.2) is 4.39 Å². The third-order valence-corrected chi connectivity index (χ3v) is 3.38. The van der Waals surface area contributed by atoms with Crippen LogP contribution in [0.2, 0.25) is 0 Å². The van der Waals surface area contributed by atoms with Crippen molar-refractivity contribution in [1.29, 1.82) is 0 Å². The minimum Gasteiger partial charge on any atom is -0.493 e. The molecule has 0 atom stereocenters. The molecular formula is C11H12BrFO3. The fourth-order valence-electron chi connectivity index (χ4n) is 1.72. The summed E-state index contributed by atoms with van der Waals surface area (Å²) in [5.41, 5.74) is -0.798. The van der Waals surface area contributed by atoms with Crippen LogP contribution in [-0.4, -0.2) is 19.3 Å². The maximum absolute atomic E-state index is 14.1. The predicted molar refractivity (Wildman–Crippen MR) is 60.3 cm³/mol. The van der Waals surface area contributed by atoms with Crippen molar-refractivity contribution in [2.75, 3.05) is 14.2 Å². The van der Waals surface area contributed by atoms with E-state index in [1.165, 1.54) is 14.2 Å². The first-order valence-electron chi connectivity index (χ1n) is 4.86. The monoisotopic (exact) mass is 290 g/mol. The highest BCUT2D eigenvalue weighted by Gasteiger charge is 2.46. The minimum absolute atomic E-state index is 0.0287. The number of halogens is 2. The molecule has 88 valence electrons. The van der Waals surface area contributed by atoms with E-state index in [4.69, 9.17) is 9.47 Å². The molecule has 1 aliphatic rings. The molecule has 1 aromatic carbocycles. The van der Waals surface area contributed by atoms with Gasteiger partial charge in [0.2, 0.25) is 0 Å². The summed E-state index contributed by atoms with van der Waals surface area (Å²) in [6, 6.07) is 1.60. The Morgan fingerprint density at radius 3 is 2.44 bits per heavy atom. The van der Waals surface area contributed by atoms with Crippen molar-refractivity contribution in [2.24, 2.45) is 0 Å². The molecule has 0 heterocycles. The lowest BCUT2D eigenvalue weighted by molar-refractivity contribution is 0.144. The van der Waals surface area contributed by atoms with E-state index < -0.39 is 11.4 Å². The standard InChI is InChI=1S/C11H12BrFO3/c1-15-7-5-6(12)8(11(14)3-4-11)9(13)10(7)16-2/h5,14H,3-4H2,1-2H3. The van der Waals surface area contributed by atoms with E-state index >= 15 is 0 Å². The van der Waals surface area contributed by atoms with Crippen molar-refractivity contribution in [3.63, 3.8) is 0 Å². The highest BCUT2D eigenvalue weighted by atomic mass is 79.9. The fraction of sp³-hybridized carbons (Fsp3) is 0.455. The van der Waals surface area contributed by atoms with Gasteiger partial charge in [0.1, 0.15) is 0 Å². The van der Waals surface area contributed by atoms with Crippen LogP contribution in [0.4, 0.5) is 4.39 Å². The first kappa shape index (κ1) is 11.7. The molecule has 0 bridgehead atoms. The van der Waals surface area contributed by atoms with Crippen LogP contribution in [0.5, 0.6) is 11.5 Å². The summed E-state index contributed by atoms with van der Waals surface area (Å²) in [6.45, 7) is 0. The van der Waals surface area contributed by atoms with Crippen LogP contribution in [0, 0.1) is 5.82 Å². The molecule has 2 rings (SSSR count). The average Bonchev–Trinajstić information content (AvgIpc) is 2.96. The molecule has 1 fully saturated rings. The molecule has 1 saturated carbocycles. The van der Waals surface area contributed by atoms with Crippen LogP contribution in [0.15, 0.2) is 10.5 Å². The number of methoxy groups -OCH3 is 2. The molecule has 1 N–H and O–H groups in total. The van der Waals surface area contributed by atoms with Gasteiger partial charge in [0.25, 0.3) is 0 Å². The molecule has 0 aliphatic heterocycles.